The third kappa shape index (κ3) is 3.42. The summed E-state index contributed by atoms with van der Waals surface area (Å²) in [6, 6.07) is 24.7. The van der Waals surface area contributed by atoms with E-state index in [0.29, 0.717) is 16.3 Å². The number of carbonyl (C=O) groups excluding carboxylic acids is 1. The van der Waals surface area contributed by atoms with Gasteiger partial charge in [0.25, 0.3) is 5.91 Å². The number of hydrogen-bond acceptors (Lipinski definition) is 2. The molecular formula is C23H17ClN2O. The van der Waals surface area contributed by atoms with Crippen molar-refractivity contribution < 1.29 is 4.79 Å². The van der Waals surface area contributed by atoms with E-state index >= 15 is 0 Å². The number of nitrogens with one attached hydrogen (secondary N) is 1. The first-order chi connectivity index (χ1) is 13.1. The zero-order valence-corrected chi connectivity index (χ0v) is 15.5. The third-order valence-corrected chi connectivity index (χ3v) is 4.76. The second-order valence-electron chi connectivity index (χ2n) is 6.30. The number of pyridine rings is 1. The highest BCUT2D eigenvalue weighted by Gasteiger charge is 2.18. The molecule has 0 aliphatic rings. The van der Waals surface area contributed by atoms with Crippen LogP contribution in [0.5, 0.6) is 0 Å². The van der Waals surface area contributed by atoms with Crippen LogP contribution in [-0.4, -0.2) is 10.9 Å². The van der Waals surface area contributed by atoms with Gasteiger partial charge in [0.2, 0.25) is 0 Å². The standard InChI is InChI=1S/C23H17ClN2O/c1-15-21(23(27)25-18-13-11-17(24)12-14-18)19-9-5-6-10-20(19)26-22(15)16-7-3-2-4-8-16/h2-14H,1H3,(H,25,27). The van der Waals surface area contributed by atoms with Gasteiger partial charge in [-0.05, 0) is 42.8 Å². The summed E-state index contributed by atoms with van der Waals surface area (Å²) in [6.45, 7) is 1.94. The highest BCUT2D eigenvalue weighted by atomic mass is 35.5. The van der Waals surface area contributed by atoms with Crippen molar-refractivity contribution in [1.82, 2.24) is 4.98 Å². The first-order valence-electron chi connectivity index (χ1n) is 8.65. The average Bonchev–Trinajstić information content (AvgIpc) is 2.70. The van der Waals surface area contributed by atoms with E-state index in [-0.39, 0.29) is 5.91 Å². The lowest BCUT2D eigenvalue weighted by Gasteiger charge is -2.15. The Hall–Kier alpha value is -3.17. The zero-order chi connectivity index (χ0) is 18.8. The van der Waals surface area contributed by atoms with E-state index in [1.165, 1.54) is 0 Å². The Balaban J connectivity index is 1.86. The molecule has 0 atom stereocenters. The SMILES string of the molecule is Cc1c(-c2ccccc2)nc2ccccc2c1C(=O)Nc1ccc(Cl)cc1. The predicted octanol–water partition coefficient (Wildman–Crippen LogP) is 6.12. The second-order valence-corrected chi connectivity index (χ2v) is 6.74. The molecule has 1 heterocycles. The van der Waals surface area contributed by atoms with Crippen molar-refractivity contribution in [3.8, 4) is 11.3 Å². The Morgan fingerprint density at radius 1 is 0.889 bits per heavy atom. The van der Waals surface area contributed by atoms with Crippen molar-refractivity contribution in [3.63, 3.8) is 0 Å². The summed E-state index contributed by atoms with van der Waals surface area (Å²) >= 11 is 5.94. The van der Waals surface area contributed by atoms with Crippen molar-refractivity contribution in [1.29, 1.82) is 0 Å². The van der Waals surface area contributed by atoms with Crippen LogP contribution in [0.3, 0.4) is 0 Å². The number of rotatable bonds is 3. The van der Waals surface area contributed by atoms with Crippen LogP contribution in [0.25, 0.3) is 22.2 Å². The van der Waals surface area contributed by atoms with Gasteiger partial charge in [0.1, 0.15) is 0 Å². The van der Waals surface area contributed by atoms with E-state index < -0.39 is 0 Å². The number of para-hydroxylation sites is 1. The number of benzene rings is 3. The Bertz CT molecular complexity index is 1120. The lowest BCUT2D eigenvalue weighted by Crippen LogP contribution is -2.15. The molecule has 3 nitrogen and oxygen atoms in total. The van der Waals surface area contributed by atoms with Gasteiger partial charge in [-0.15, -0.1) is 0 Å². The average molecular weight is 373 g/mol. The minimum atomic E-state index is -0.161. The molecule has 4 rings (SSSR count). The van der Waals surface area contributed by atoms with Gasteiger partial charge >= 0.3 is 0 Å². The lowest BCUT2D eigenvalue weighted by molar-refractivity contribution is 0.102. The largest absolute Gasteiger partial charge is 0.322 e. The maximum absolute atomic E-state index is 13.1. The molecule has 0 saturated heterocycles. The van der Waals surface area contributed by atoms with Crippen molar-refractivity contribution in [2.45, 2.75) is 6.92 Å². The van der Waals surface area contributed by atoms with Gasteiger partial charge in [-0.2, -0.15) is 0 Å². The van der Waals surface area contributed by atoms with Crippen LogP contribution in [0.2, 0.25) is 5.02 Å². The number of nitrogens with zero attached hydrogens (tertiary/aromatic N) is 1. The van der Waals surface area contributed by atoms with E-state index in [0.717, 1.165) is 27.7 Å². The van der Waals surface area contributed by atoms with Crippen LogP contribution < -0.4 is 5.32 Å². The molecule has 0 bridgehead atoms. The van der Waals surface area contributed by atoms with Crippen LogP contribution in [0, 0.1) is 6.92 Å². The van der Waals surface area contributed by atoms with Gasteiger partial charge in [-0.3, -0.25) is 4.79 Å². The molecule has 4 heteroatoms. The molecule has 4 aromatic rings. The Morgan fingerprint density at radius 2 is 1.56 bits per heavy atom. The van der Waals surface area contributed by atoms with Crippen molar-refractivity contribution >= 4 is 34.1 Å². The molecule has 0 unspecified atom stereocenters. The quantitative estimate of drug-likeness (QED) is 0.471. The van der Waals surface area contributed by atoms with Gasteiger partial charge in [0.15, 0.2) is 0 Å². The highest BCUT2D eigenvalue weighted by Crippen LogP contribution is 2.30. The molecule has 132 valence electrons. The third-order valence-electron chi connectivity index (χ3n) is 4.51. The summed E-state index contributed by atoms with van der Waals surface area (Å²) < 4.78 is 0. The van der Waals surface area contributed by atoms with E-state index in [4.69, 9.17) is 16.6 Å². The maximum Gasteiger partial charge on any atom is 0.256 e. The molecule has 1 aromatic heterocycles. The number of fused-ring (bicyclic) bond motifs is 1. The van der Waals surface area contributed by atoms with E-state index in [1.807, 2.05) is 61.5 Å². The van der Waals surface area contributed by atoms with Crippen LogP contribution in [-0.2, 0) is 0 Å². The fourth-order valence-electron chi connectivity index (χ4n) is 3.20. The normalized spacial score (nSPS) is 10.7. The van der Waals surface area contributed by atoms with Gasteiger partial charge in [0, 0.05) is 21.7 Å². The molecule has 1 N–H and O–H groups in total. The summed E-state index contributed by atoms with van der Waals surface area (Å²) in [6.07, 6.45) is 0. The molecule has 0 aliphatic carbocycles. The van der Waals surface area contributed by atoms with Gasteiger partial charge < -0.3 is 5.32 Å². The van der Waals surface area contributed by atoms with Gasteiger partial charge in [-0.25, -0.2) is 4.98 Å². The van der Waals surface area contributed by atoms with Crippen LogP contribution >= 0.6 is 11.6 Å². The summed E-state index contributed by atoms with van der Waals surface area (Å²) in [4.78, 5) is 18.0. The summed E-state index contributed by atoms with van der Waals surface area (Å²) in [5, 5.41) is 4.44. The van der Waals surface area contributed by atoms with Gasteiger partial charge in [-0.1, -0.05) is 60.1 Å². The fourth-order valence-corrected chi connectivity index (χ4v) is 3.33. The predicted molar refractivity (Wildman–Crippen MR) is 111 cm³/mol. The molecule has 0 fully saturated rings. The summed E-state index contributed by atoms with van der Waals surface area (Å²) in [7, 11) is 0. The summed E-state index contributed by atoms with van der Waals surface area (Å²) in [5.74, 6) is -0.161. The number of aromatic nitrogens is 1. The molecule has 0 saturated carbocycles. The molecule has 0 aliphatic heterocycles. The van der Waals surface area contributed by atoms with Crippen LogP contribution in [0.15, 0.2) is 78.9 Å². The lowest BCUT2D eigenvalue weighted by atomic mass is 9.97. The van der Waals surface area contributed by atoms with Crippen molar-refractivity contribution in [2.75, 3.05) is 5.32 Å². The molecular weight excluding hydrogens is 356 g/mol. The smallest absolute Gasteiger partial charge is 0.256 e. The first kappa shape index (κ1) is 17.3. The molecule has 1 amide bonds. The highest BCUT2D eigenvalue weighted by molar-refractivity contribution is 6.30. The van der Waals surface area contributed by atoms with Crippen LogP contribution in [0.1, 0.15) is 15.9 Å². The van der Waals surface area contributed by atoms with Crippen molar-refractivity contribution in [3.05, 3.63) is 95.0 Å². The number of hydrogen-bond donors (Lipinski definition) is 1. The van der Waals surface area contributed by atoms with Crippen LogP contribution in [0.4, 0.5) is 5.69 Å². The first-order valence-corrected chi connectivity index (χ1v) is 9.03. The van der Waals surface area contributed by atoms with Gasteiger partial charge in [0.05, 0.1) is 16.8 Å². The number of carbonyl (C=O) groups is 1. The topological polar surface area (TPSA) is 42.0 Å². The Morgan fingerprint density at radius 3 is 2.30 bits per heavy atom. The second kappa shape index (κ2) is 7.22. The summed E-state index contributed by atoms with van der Waals surface area (Å²) in [5.41, 5.74) is 4.78. The van der Waals surface area contributed by atoms with E-state index in [1.54, 1.807) is 24.3 Å². The Kier molecular flexibility index (Phi) is 4.61. The number of anilines is 1. The zero-order valence-electron chi connectivity index (χ0n) is 14.7. The minimum Gasteiger partial charge on any atom is -0.322 e. The van der Waals surface area contributed by atoms with E-state index in [9.17, 15) is 4.79 Å². The Labute approximate surface area is 162 Å². The molecule has 0 radical (unpaired) electrons. The number of amides is 1. The fraction of sp³-hybridized carbons (Fsp3) is 0.0435. The van der Waals surface area contributed by atoms with E-state index in [2.05, 4.69) is 5.32 Å². The minimum absolute atomic E-state index is 0.161. The monoisotopic (exact) mass is 372 g/mol. The number of halogens is 1. The molecule has 0 spiro atoms. The molecule has 27 heavy (non-hydrogen) atoms. The van der Waals surface area contributed by atoms with Crippen molar-refractivity contribution in [2.24, 2.45) is 0 Å². The maximum atomic E-state index is 13.1. The molecule has 3 aromatic carbocycles.